The zero-order valence-electron chi connectivity index (χ0n) is 12.3. The molecule has 0 aromatic heterocycles. The highest BCUT2D eigenvalue weighted by Crippen LogP contribution is 2.26. The maximum Gasteiger partial charge on any atom is 0.0800 e. The number of rotatable bonds is 6. The van der Waals surface area contributed by atoms with Crippen LogP contribution in [-0.4, -0.2) is 18.7 Å². The number of ether oxygens (including phenoxy) is 1. The van der Waals surface area contributed by atoms with E-state index in [4.69, 9.17) is 4.74 Å². The van der Waals surface area contributed by atoms with Crippen molar-refractivity contribution in [1.82, 2.24) is 5.32 Å². The molecule has 19 heavy (non-hydrogen) atoms. The molecule has 2 rings (SSSR count). The third-order valence-corrected chi connectivity index (χ3v) is 4.02. The summed E-state index contributed by atoms with van der Waals surface area (Å²) in [7, 11) is 0. The summed E-state index contributed by atoms with van der Waals surface area (Å²) in [6, 6.07) is 11.2. The van der Waals surface area contributed by atoms with Gasteiger partial charge in [-0.3, -0.25) is 0 Å². The van der Waals surface area contributed by atoms with Crippen molar-refractivity contribution in [2.75, 3.05) is 6.54 Å². The summed E-state index contributed by atoms with van der Waals surface area (Å²) in [6.45, 7) is 5.54. The van der Waals surface area contributed by atoms with Gasteiger partial charge in [0, 0.05) is 6.04 Å². The number of benzene rings is 1. The van der Waals surface area contributed by atoms with E-state index in [1.807, 2.05) is 0 Å². The van der Waals surface area contributed by atoms with Crippen LogP contribution in [-0.2, 0) is 4.74 Å². The first-order valence-electron chi connectivity index (χ1n) is 7.73. The van der Waals surface area contributed by atoms with Crippen molar-refractivity contribution < 1.29 is 4.74 Å². The molecule has 0 aliphatic heterocycles. The summed E-state index contributed by atoms with van der Waals surface area (Å²) in [5.74, 6) is 0. The largest absolute Gasteiger partial charge is 0.371 e. The topological polar surface area (TPSA) is 21.3 Å². The molecular formula is C17H27NO. The highest BCUT2D eigenvalue weighted by Gasteiger charge is 2.22. The Kier molecular flexibility index (Phi) is 5.87. The second kappa shape index (κ2) is 7.66. The molecule has 106 valence electrons. The SMILES string of the molecule is CCCNC1CCC(OC(C)c2ccccc2)CC1. The van der Waals surface area contributed by atoms with Gasteiger partial charge in [0.05, 0.1) is 12.2 Å². The molecule has 0 radical (unpaired) electrons. The Balaban J connectivity index is 1.73. The minimum atomic E-state index is 0.214. The van der Waals surface area contributed by atoms with E-state index in [1.165, 1.54) is 37.7 Å². The van der Waals surface area contributed by atoms with E-state index >= 15 is 0 Å². The van der Waals surface area contributed by atoms with Crippen molar-refractivity contribution in [3.8, 4) is 0 Å². The Morgan fingerprint density at radius 2 is 1.84 bits per heavy atom. The average molecular weight is 261 g/mol. The molecule has 1 saturated carbocycles. The predicted molar refractivity (Wildman–Crippen MR) is 80.3 cm³/mol. The van der Waals surface area contributed by atoms with Crippen LogP contribution in [0.2, 0.25) is 0 Å². The van der Waals surface area contributed by atoms with Crippen LogP contribution in [0.4, 0.5) is 0 Å². The first kappa shape index (κ1) is 14.5. The van der Waals surface area contributed by atoms with Crippen molar-refractivity contribution in [3.05, 3.63) is 35.9 Å². The Hall–Kier alpha value is -0.860. The molecule has 0 bridgehead atoms. The molecule has 1 aliphatic carbocycles. The van der Waals surface area contributed by atoms with E-state index in [0.717, 1.165) is 6.54 Å². The van der Waals surface area contributed by atoms with E-state index in [-0.39, 0.29) is 6.10 Å². The molecule has 1 atom stereocenters. The molecule has 1 aromatic rings. The second-order valence-corrected chi connectivity index (χ2v) is 5.62. The minimum absolute atomic E-state index is 0.214. The lowest BCUT2D eigenvalue weighted by atomic mass is 9.92. The van der Waals surface area contributed by atoms with E-state index in [1.54, 1.807) is 0 Å². The van der Waals surface area contributed by atoms with Crippen molar-refractivity contribution in [2.24, 2.45) is 0 Å². The Bertz CT molecular complexity index is 344. The maximum absolute atomic E-state index is 6.20. The lowest BCUT2D eigenvalue weighted by Gasteiger charge is -2.31. The summed E-state index contributed by atoms with van der Waals surface area (Å²) in [4.78, 5) is 0. The van der Waals surface area contributed by atoms with Gasteiger partial charge < -0.3 is 10.1 Å². The average Bonchev–Trinajstić information content (AvgIpc) is 2.47. The zero-order chi connectivity index (χ0) is 13.5. The van der Waals surface area contributed by atoms with Crippen LogP contribution in [0.15, 0.2) is 30.3 Å². The predicted octanol–water partition coefficient (Wildman–Crippen LogP) is 4.08. The van der Waals surface area contributed by atoms with E-state index in [0.29, 0.717) is 12.1 Å². The summed E-state index contributed by atoms with van der Waals surface area (Å²) < 4.78 is 6.20. The van der Waals surface area contributed by atoms with Gasteiger partial charge in [0.25, 0.3) is 0 Å². The van der Waals surface area contributed by atoms with Crippen LogP contribution < -0.4 is 5.32 Å². The second-order valence-electron chi connectivity index (χ2n) is 5.62. The van der Waals surface area contributed by atoms with Crippen LogP contribution in [0.5, 0.6) is 0 Å². The van der Waals surface area contributed by atoms with Gasteiger partial charge in [0.2, 0.25) is 0 Å². The highest BCUT2D eigenvalue weighted by atomic mass is 16.5. The third-order valence-electron chi connectivity index (χ3n) is 4.02. The zero-order valence-corrected chi connectivity index (χ0v) is 12.3. The van der Waals surface area contributed by atoms with Crippen molar-refractivity contribution in [1.29, 1.82) is 0 Å². The van der Waals surface area contributed by atoms with Crippen LogP contribution in [0.3, 0.4) is 0 Å². The van der Waals surface area contributed by atoms with Crippen LogP contribution in [0, 0.1) is 0 Å². The lowest BCUT2D eigenvalue weighted by molar-refractivity contribution is -0.0262. The fraction of sp³-hybridized carbons (Fsp3) is 0.647. The molecule has 1 aromatic carbocycles. The molecule has 1 fully saturated rings. The molecule has 2 nitrogen and oxygen atoms in total. The molecule has 0 heterocycles. The molecule has 0 saturated heterocycles. The summed E-state index contributed by atoms with van der Waals surface area (Å²) in [5.41, 5.74) is 1.29. The molecular weight excluding hydrogens is 234 g/mol. The number of hydrogen-bond acceptors (Lipinski definition) is 2. The Labute approximate surface area is 117 Å². The monoisotopic (exact) mass is 261 g/mol. The van der Waals surface area contributed by atoms with Gasteiger partial charge in [-0.25, -0.2) is 0 Å². The van der Waals surface area contributed by atoms with Gasteiger partial charge in [-0.15, -0.1) is 0 Å². The van der Waals surface area contributed by atoms with Crippen molar-refractivity contribution in [3.63, 3.8) is 0 Å². The Morgan fingerprint density at radius 1 is 1.16 bits per heavy atom. The first-order valence-corrected chi connectivity index (χ1v) is 7.73. The van der Waals surface area contributed by atoms with Gasteiger partial charge in [-0.1, -0.05) is 37.3 Å². The Morgan fingerprint density at radius 3 is 2.47 bits per heavy atom. The highest BCUT2D eigenvalue weighted by molar-refractivity contribution is 5.16. The van der Waals surface area contributed by atoms with Gasteiger partial charge >= 0.3 is 0 Å². The minimum Gasteiger partial charge on any atom is -0.371 e. The standard InChI is InChI=1S/C17H27NO/c1-3-13-18-16-9-11-17(12-10-16)19-14(2)15-7-5-4-6-8-15/h4-8,14,16-18H,3,9-13H2,1-2H3. The number of nitrogens with one attached hydrogen (secondary N) is 1. The summed E-state index contributed by atoms with van der Waals surface area (Å²) in [5, 5.41) is 3.62. The molecule has 0 spiro atoms. The third kappa shape index (κ3) is 4.63. The fourth-order valence-corrected chi connectivity index (χ4v) is 2.84. The quantitative estimate of drug-likeness (QED) is 0.833. The van der Waals surface area contributed by atoms with Gasteiger partial charge in [0.15, 0.2) is 0 Å². The molecule has 1 aliphatic rings. The van der Waals surface area contributed by atoms with E-state index < -0.39 is 0 Å². The smallest absolute Gasteiger partial charge is 0.0800 e. The molecule has 0 amide bonds. The maximum atomic E-state index is 6.20. The summed E-state index contributed by atoms with van der Waals surface area (Å²) >= 11 is 0. The first-order chi connectivity index (χ1) is 9.29. The molecule has 1 unspecified atom stereocenters. The van der Waals surface area contributed by atoms with Crippen LogP contribution in [0.1, 0.15) is 57.6 Å². The van der Waals surface area contributed by atoms with E-state index in [9.17, 15) is 0 Å². The van der Waals surface area contributed by atoms with Gasteiger partial charge in [0.1, 0.15) is 0 Å². The number of hydrogen-bond donors (Lipinski definition) is 1. The molecule has 1 N–H and O–H groups in total. The summed E-state index contributed by atoms with van der Waals surface area (Å²) in [6.07, 6.45) is 6.78. The van der Waals surface area contributed by atoms with E-state index in [2.05, 4.69) is 49.5 Å². The van der Waals surface area contributed by atoms with Crippen LogP contribution in [0.25, 0.3) is 0 Å². The van der Waals surface area contributed by atoms with Crippen LogP contribution >= 0.6 is 0 Å². The fourth-order valence-electron chi connectivity index (χ4n) is 2.84. The molecule has 2 heteroatoms. The van der Waals surface area contributed by atoms with Crippen molar-refractivity contribution in [2.45, 2.75) is 64.2 Å². The van der Waals surface area contributed by atoms with Gasteiger partial charge in [-0.2, -0.15) is 0 Å². The normalized spacial score (nSPS) is 25.2. The van der Waals surface area contributed by atoms with Crippen molar-refractivity contribution >= 4 is 0 Å². The lowest BCUT2D eigenvalue weighted by Crippen LogP contribution is -2.35. The van der Waals surface area contributed by atoms with Gasteiger partial charge in [-0.05, 0) is 51.1 Å².